The van der Waals surface area contributed by atoms with Gasteiger partial charge in [-0.1, -0.05) is 115 Å². The van der Waals surface area contributed by atoms with Crippen LogP contribution < -0.4 is 9.80 Å². The monoisotopic (exact) mass is 896 g/mol. The van der Waals surface area contributed by atoms with Gasteiger partial charge in [0.05, 0.1) is 52.9 Å². The third kappa shape index (κ3) is 7.92. The van der Waals surface area contributed by atoms with Gasteiger partial charge >= 0.3 is 0 Å². The summed E-state index contributed by atoms with van der Waals surface area (Å²) in [6.45, 7) is 18.4. The van der Waals surface area contributed by atoms with E-state index in [1.54, 1.807) is 18.2 Å². The molecule has 0 aliphatic carbocycles. The van der Waals surface area contributed by atoms with E-state index in [0.29, 0.717) is 51.0 Å². The number of hydrogen-bond donors (Lipinski definition) is 0. The zero-order chi connectivity index (χ0) is 47.6. The van der Waals surface area contributed by atoms with Crippen LogP contribution in [0.1, 0.15) is 11.1 Å². The second-order valence-electron chi connectivity index (χ2n) is 16.9. The molecule has 0 aliphatic heterocycles. The molecule has 0 atom stereocenters. The largest absolute Gasteiger partial charge is 0.319 e. The maximum absolute atomic E-state index is 11.1. The van der Waals surface area contributed by atoms with Crippen LogP contribution in [0.4, 0.5) is 45.5 Å². The molecule has 11 aromatic rings. The van der Waals surface area contributed by atoms with Crippen molar-refractivity contribution in [2.24, 2.45) is 0 Å². The van der Waals surface area contributed by atoms with Crippen LogP contribution in [0.5, 0.6) is 0 Å². The first-order chi connectivity index (χ1) is 34.5. The molecule has 0 unspecified atom stereocenters. The highest BCUT2D eigenvalue weighted by Crippen LogP contribution is 2.45. The Morgan fingerprint density at radius 1 is 0.471 bits per heavy atom. The van der Waals surface area contributed by atoms with Gasteiger partial charge in [-0.3, -0.25) is 0 Å². The highest BCUT2D eigenvalue weighted by atomic mass is 15.2. The van der Waals surface area contributed by atoms with Crippen molar-refractivity contribution in [2.75, 3.05) is 9.80 Å². The number of aromatic nitrogens is 3. The average molecular weight is 897 g/mol. The summed E-state index contributed by atoms with van der Waals surface area (Å²) < 4.78 is 2.11. The molecular formula is C62H40N8. The second-order valence-corrected chi connectivity index (χ2v) is 16.9. The SMILES string of the molecule is [C-]#[N+]c1cccc(-c2nc(-c3cccc(C)c3)cc(-c3cc([N+]#[C-])c(-n4c5ccc(N(c6ccccc6)c6ccccc6)cc5c5cc(N(c6ccccc6)c6ccccc6)ccc54)cc3C#N)n2)c1. The number of rotatable bonds is 10. The minimum absolute atomic E-state index is 0.346. The maximum Gasteiger partial charge on any atom is 0.211 e. The molecule has 70 heavy (non-hydrogen) atoms. The highest BCUT2D eigenvalue weighted by molar-refractivity contribution is 6.12. The molecule has 0 spiro atoms. The quantitative estimate of drug-likeness (QED) is 0.128. The van der Waals surface area contributed by atoms with Crippen molar-refractivity contribution in [3.8, 4) is 45.7 Å². The van der Waals surface area contributed by atoms with Crippen molar-refractivity contribution in [1.82, 2.24) is 14.5 Å². The van der Waals surface area contributed by atoms with Gasteiger partial charge in [0, 0.05) is 61.6 Å². The van der Waals surface area contributed by atoms with Gasteiger partial charge in [-0.25, -0.2) is 19.7 Å². The predicted molar refractivity (Wildman–Crippen MR) is 284 cm³/mol. The van der Waals surface area contributed by atoms with E-state index in [1.165, 1.54) is 0 Å². The standard InChI is InChI=1S/C62H40N8/c1-42-18-16-19-43(34-42)56-40-57(67-62(66-56)44-20-17-21-46(35-44)64-2)53-39-58(65-3)61(36-45(53)41-63)70-59-32-30-51(68(47-22-8-4-9-23-47)48-24-10-5-11-25-48)37-54(59)55-38-52(31-33-60(55)70)69(49-26-12-6-13-27-49)50-28-14-7-15-29-50/h4-40H,1H3. The van der Waals surface area contributed by atoms with Gasteiger partial charge in [-0.2, -0.15) is 5.26 Å². The lowest BCUT2D eigenvalue weighted by atomic mass is 10.00. The van der Waals surface area contributed by atoms with Crippen LogP contribution >= 0.6 is 0 Å². The van der Waals surface area contributed by atoms with Crippen LogP contribution in [0.2, 0.25) is 0 Å². The number of nitriles is 1. The Labute approximate surface area is 406 Å². The Kier molecular flexibility index (Phi) is 11.1. The van der Waals surface area contributed by atoms with E-state index >= 15 is 0 Å². The lowest BCUT2D eigenvalue weighted by Gasteiger charge is -2.26. The Morgan fingerprint density at radius 3 is 1.49 bits per heavy atom. The summed E-state index contributed by atoms with van der Waals surface area (Å²) in [4.78, 5) is 22.4. The van der Waals surface area contributed by atoms with E-state index in [4.69, 9.17) is 23.1 Å². The molecule has 0 saturated carbocycles. The minimum atomic E-state index is 0.346. The van der Waals surface area contributed by atoms with Gasteiger partial charge in [0.25, 0.3) is 0 Å². The number of aryl methyl sites for hydroxylation is 1. The molecule has 8 heteroatoms. The van der Waals surface area contributed by atoms with Gasteiger partial charge in [0.15, 0.2) is 11.5 Å². The topological polar surface area (TPSA) is 69.7 Å². The molecule has 0 amide bonds. The summed E-state index contributed by atoms with van der Waals surface area (Å²) in [6, 6.07) is 77.5. The molecule has 0 aliphatic rings. The van der Waals surface area contributed by atoms with Gasteiger partial charge in [0.2, 0.25) is 5.69 Å². The molecule has 0 fully saturated rings. The minimum Gasteiger partial charge on any atom is -0.319 e. The van der Waals surface area contributed by atoms with Crippen molar-refractivity contribution in [3.05, 3.63) is 258 Å². The molecule has 328 valence electrons. The number of anilines is 6. The van der Waals surface area contributed by atoms with Crippen LogP contribution in [0.25, 0.3) is 71.1 Å². The van der Waals surface area contributed by atoms with Crippen molar-refractivity contribution in [1.29, 1.82) is 5.26 Å². The van der Waals surface area contributed by atoms with Gasteiger partial charge in [-0.15, -0.1) is 0 Å². The Morgan fingerprint density at radius 2 is 0.986 bits per heavy atom. The molecule has 2 heterocycles. The highest BCUT2D eigenvalue weighted by Gasteiger charge is 2.23. The molecule has 0 bridgehead atoms. The number of benzene rings is 9. The van der Waals surface area contributed by atoms with Crippen molar-refractivity contribution < 1.29 is 0 Å². The van der Waals surface area contributed by atoms with Crippen LogP contribution in [-0.2, 0) is 0 Å². The van der Waals surface area contributed by atoms with E-state index in [2.05, 4.69) is 121 Å². The number of nitrogens with zero attached hydrogens (tertiary/aromatic N) is 8. The normalized spacial score (nSPS) is 10.9. The van der Waals surface area contributed by atoms with Crippen molar-refractivity contribution in [2.45, 2.75) is 6.92 Å². The van der Waals surface area contributed by atoms with E-state index in [1.807, 2.05) is 122 Å². The van der Waals surface area contributed by atoms with Crippen molar-refractivity contribution in [3.63, 3.8) is 0 Å². The van der Waals surface area contributed by atoms with Crippen LogP contribution in [0.3, 0.4) is 0 Å². The molecule has 11 rings (SSSR count). The summed E-state index contributed by atoms with van der Waals surface area (Å²) in [7, 11) is 0. The Bertz CT molecular complexity index is 3660. The third-order valence-corrected chi connectivity index (χ3v) is 12.5. The molecule has 0 N–H and O–H groups in total. The zero-order valence-electron chi connectivity index (χ0n) is 37.9. The van der Waals surface area contributed by atoms with Gasteiger partial charge in [0.1, 0.15) is 0 Å². The fraction of sp³-hybridized carbons (Fsp3) is 0.0161. The first kappa shape index (κ1) is 42.6. The number of fused-ring (bicyclic) bond motifs is 3. The maximum atomic E-state index is 11.1. The summed E-state index contributed by atoms with van der Waals surface area (Å²) in [5.41, 5.74) is 13.7. The third-order valence-electron chi connectivity index (χ3n) is 12.5. The molecule has 9 aromatic carbocycles. The lowest BCUT2D eigenvalue weighted by Crippen LogP contribution is -2.09. The average Bonchev–Trinajstić information content (AvgIpc) is 3.74. The summed E-state index contributed by atoms with van der Waals surface area (Å²) >= 11 is 0. The second kappa shape index (κ2) is 18.3. The smallest absolute Gasteiger partial charge is 0.211 e. The fourth-order valence-corrected chi connectivity index (χ4v) is 9.27. The summed E-state index contributed by atoms with van der Waals surface area (Å²) in [5.74, 6) is 0.408. The molecular weight excluding hydrogens is 857 g/mol. The van der Waals surface area contributed by atoms with E-state index < -0.39 is 0 Å². The molecule has 2 aromatic heterocycles. The van der Waals surface area contributed by atoms with E-state index in [-0.39, 0.29) is 0 Å². The summed E-state index contributed by atoms with van der Waals surface area (Å²) in [5, 5.41) is 13.0. The van der Waals surface area contributed by atoms with Crippen LogP contribution in [-0.4, -0.2) is 14.5 Å². The van der Waals surface area contributed by atoms with Crippen LogP contribution in [0, 0.1) is 31.4 Å². The lowest BCUT2D eigenvalue weighted by molar-refractivity contribution is 1.17. The number of para-hydroxylation sites is 4. The van der Waals surface area contributed by atoms with E-state index in [0.717, 1.165) is 67.1 Å². The molecule has 0 radical (unpaired) electrons. The molecule has 0 saturated heterocycles. The number of hydrogen-bond acceptors (Lipinski definition) is 5. The Hall–Kier alpha value is -10.1. The first-order valence-corrected chi connectivity index (χ1v) is 22.8. The van der Waals surface area contributed by atoms with Crippen LogP contribution in [0.15, 0.2) is 224 Å². The predicted octanol–water partition coefficient (Wildman–Crippen LogP) is 16.8. The Balaban J connectivity index is 1.15. The van der Waals surface area contributed by atoms with Crippen molar-refractivity contribution >= 4 is 67.3 Å². The van der Waals surface area contributed by atoms with E-state index in [9.17, 15) is 5.26 Å². The zero-order valence-corrected chi connectivity index (χ0v) is 37.9. The van der Waals surface area contributed by atoms with Gasteiger partial charge < -0.3 is 14.4 Å². The first-order valence-electron chi connectivity index (χ1n) is 22.8. The fourth-order valence-electron chi connectivity index (χ4n) is 9.27. The van der Waals surface area contributed by atoms with Gasteiger partial charge in [-0.05, 0) is 122 Å². The summed E-state index contributed by atoms with van der Waals surface area (Å²) in [6.07, 6.45) is 0. The molecule has 8 nitrogen and oxygen atoms in total.